The van der Waals surface area contributed by atoms with E-state index in [1.54, 1.807) is 6.07 Å². The van der Waals surface area contributed by atoms with Crippen molar-refractivity contribution in [3.8, 4) is 0 Å². The molecule has 3 fully saturated rings. The van der Waals surface area contributed by atoms with Crippen molar-refractivity contribution in [2.24, 2.45) is 17.3 Å². The number of rotatable bonds is 6. The average Bonchev–Trinajstić information content (AvgIpc) is 3.14. The number of hydrogen-bond acceptors (Lipinski definition) is 7. The van der Waals surface area contributed by atoms with Gasteiger partial charge < -0.3 is 9.80 Å². The standard InChI is InChI=1S/C24H33F3N4O2S2/c1-35(32,33)13-18-4-2-17(3-5-18)12-30-8-6-23(7-9-30)14-31(15-23)21-20-10-19(11-24(25,26)27)34-22(20)29-16-28-21/h10,16-18H,2-9,11-15H2,1H3. The minimum atomic E-state index is -4.22. The third-order valence-corrected chi connectivity index (χ3v) is 10.1. The fourth-order valence-corrected chi connectivity index (χ4v) is 8.45. The number of halogens is 3. The summed E-state index contributed by atoms with van der Waals surface area (Å²) in [6.07, 6.45) is 4.19. The van der Waals surface area contributed by atoms with Crippen molar-refractivity contribution in [1.82, 2.24) is 14.9 Å². The first-order valence-corrected chi connectivity index (χ1v) is 15.3. The second-order valence-corrected chi connectivity index (χ2v) is 14.4. The van der Waals surface area contributed by atoms with E-state index >= 15 is 0 Å². The third-order valence-electron chi connectivity index (χ3n) is 8.02. The molecule has 2 aromatic rings. The maximum atomic E-state index is 12.8. The first-order valence-electron chi connectivity index (χ1n) is 12.4. The fraction of sp³-hybridized carbons (Fsp3) is 0.750. The molecule has 2 aromatic heterocycles. The second kappa shape index (κ2) is 9.45. The SMILES string of the molecule is CS(=O)(=O)CC1CCC(CN2CCC3(CC2)CN(c2ncnc4sc(CC(F)(F)F)cc24)C3)CC1. The number of fused-ring (bicyclic) bond motifs is 1. The number of hydrogen-bond donors (Lipinski definition) is 0. The quantitative estimate of drug-likeness (QED) is 0.546. The summed E-state index contributed by atoms with van der Waals surface area (Å²) in [6, 6.07) is 1.61. The normalized spacial score (nSPS) is 25.8. The molecule has 0 aromatic carbocycles. The molecule has 2 aliphatic heterocycles. The van der Waals surface area contributed by atoms with Gasteiger partial charge >= 0.3 is 6.18 Å². The minimum Gasteiger partial charge on any atom is -0.355 e. The number of nitrogens with zero attached hydrogens (tertiary/aromatic N) is 4. The Hall–Kier alpha value is -1.46. The highest BCUT2D eigenvalue weighted by Gasteiger charge is 2.46. The molecule has 1 spiro atoms. The van der Waals surface area contributed by atoms with Gasteiger partial charge in [0.05, 0.1) is 17.6 Å². The van der Waals surface area contributed by atoms with Gasteiger partial charge in [0, 0.05) is 36.2 Å². The molecular weight excluding hydrogens is 497 g/mol. The van der Waals surface area contributed by atoms with E-state index in [4.69, 9.17) is 0 Å². The van der Waals surface area contributed by atoms with Crippen LogP contribution in [-0.2, 0) is 16.3 Å². The molecule has 35 heavy (non-hydrogen) atoms. The monoisotopic (exact) mass is 530 g/mol. The molecule has 11 heteroatoms. The lowest BCUT2D eigenvalue weighted by molar-refractivity contribution is -0.126. The van der Waals surface area contributed by atoms with E-state index < -0.39 is 22.4 Å². The molecule has 0 unspecified atom stereocenters. The number of alkyl halides is 3. The maximum Gasteiger partial charge on any atom is 0.393 e. The van der Waals surface area contributed by atoms with E-state index in [1.807, 2.05) is 0 Å². The molecule has 0 N–H and O–H groups in total. The maximum absolute atomic E-state index is 12.8. The molecule has 0 bridgehead atoms. The van der Waals surface area contributed by atoms with Crippen molar-refractivity contribution in [3.05, 3.63) is 17.3 Å². The molecule has 1 saturated carbocycles. The van der Waals surface area contributed by atoms with Gasteiger partial charge in [0.1, 0.15) is 26.8 Å². The average molecular weight is 531 g/mol. The topological polar surface area (TPSA) is 66.4 Å². The Kier molecular flexibility index (Phi) is 6.80. The largest absolute Gasteiger partial charge is 0.393 e. The Bertz CT molecular complexity index is 1140. The molecule has 0 radical (unpaired) electrons. The van der Waals surface area contributed by atoms with Crippen molar-refractivity contribution in [3.63, 3.8) is 0 Å². The number of aromatic nitrogens is 2. The summed E-state index contributed by atoms with van der Waals surface area (Å²) in [4.78, 5) is 14.3. The number of likely N-dealkylation sites (tertiary alicyclic amines) is 1. The summed E-state index contributed by atoms with van der Waals surface area (Å²) in [5, 5.41) is 0.732. The van der Waals surface area contributed by atoms with Gasteiger partial charge in [0.15, 0.2) is 0 Å². The van der Waals surface area contributed by atoms with Crippen LogP contribution in [0.1, 0.15) is 43.4 Å². The first-order chi connectivity index (χ1) is 16.5. The Balaban J connectivity index is 1.11. The zero-order chi connectivity index (χ0) is 24.8. The van der Waals surface area contributed by atoms with E-state index in [1.165, 1.54) is 12.6 Å². The minimum absolute atomic E-state index is 0.270. The lowest BCUT2D eigenvalue weighted by Gasteiger charge is -2.55. The molecule has 3 aliphatic rings. The molecule has 4 heterocycles. The highest BCUT2D eigenvalue weighted by atomic mass is 32.2. The van der Waals surface area contributed by atoms with Gasteiger partial charge in [0.2, 0.25) is 0 Å². The van der Waals surface area contributed by atoms with E-state index in [0.717, 1.165) is 93.8 Å². The van der Waals surface area contributed by atoms with Crippen LogP contribution in [0.3, 0.4) is 0 Å². The van der Waals surface area contributed by atoms with Gasteiger partial charge in [-0.3, -0.25) is 0 Å². The summed E-state index contributed by atoms with van der Waals surface area (Å²) >= 11 is 1.10. The summed E-state index contributed by atoms with van der Waals surface area (Å²) < 4.78 is 61.6. The third kappa shape index (κ3) is 6.10. The number of sulfone groups is 1. The van der Waals surface area contributed by atoms with Gasteiger partial charge in [-0.1, -0.05) is 0 Å². The van der Waals surface area contributed by atoms with Gasteiger partial charge in [0.25, 0.3) is 0 Å². The van der Waals surface area contributed by atoms with E-state index in [0.29, 0.717) is 22.4 Å². The van der Waals surface area contributed by atoms with E-state index in [2.05, 4.69) is 19.8 Å². The van der Waals surface area contributed by atoms with Crippen molar-refractivity contribution in [2.75, 3.05) is 49.6 Å². The van der Waals surface area contributed by atoms with Crippen LogP contribution in [0.2, 0.25) is 0 Å². The highest BCUT2D eigenvalue weighted by molar-refractivity contribution is 7.90. The molecule has 0 amide bonds. The van der Waals surface area contributed by atoms with Crippen LogP contribution in [0, 0.1) is 17.3 Å². The van der Waals surface area contributed by atoms with Crippen molar-refractivity contribution >= 4 is 37.2 Å². The van der Waals surface area contributed by atoms with Crippen molar-refractivity contribution in [1.29, 1.82) is 0 Å². The zero-order valence-electron chi connectivity index (χ0n) is 20.1. The van der Waals surface area contributed by atoms with E-state index in [-0.39, 0.29) is 10.3 Å². The van der Waals surface area contributed by atoms with E-state index in [9.17, 15) is 21.6 Å². The Morgan fingerprint density at radius 2 is 1.74 bits per heavy atom. The smallest absolute Gasteiger partial charge is 0.355 e. The fourth-order valence-electron chi connectivity index (χ4n) is 6.24. The van der Waals surface area contributed by atoms with Crippen molar-refractivity contribution in [2.45, 2.75) is 51.1 Å². The van der Waals surface area contributed by atoms with Gasteiger partial charge in [-0.25, -0.2) is 18.4 Å². The lowest BCUT2D eigenvalue weighted by Crippen LogP contribution is -2.61. The van der Waals surface area contributed by atoms with Crippen LogP contribution in [0.5, 0.6) is 0 Å². The number of piperidine rings is 1. The predicted molar refractivity (Wildman–Crippen MR) is 133 cm³/mol. The molecule has 1 aliphatic carbocycles. The Morgan fingerprint density at radius 3 is 2.37 bits per heavy atom. The second-order valence-electron chi connectivity index (χ2n) is 11.1. The van der Waals surface area contributed by atoms with Crippen LogP contribution in [0.25, 0.3) is 10.2 Å². The van der Waals surface area contributed by atoms with Gasteiger partial charge in [-0.05, 0) is 69.5 Å². The molecule has 2 saturated heterocycles. The lowest BCUT2D eigenvalue weighted by atomic mass is 9.71. The highest BCUT2D eigenvalue weighted by Crippen LogP contribution is 2.45. The summed E-state index contributed by atoms with van der Waals surface area (Å²) in [5.41, 5.74) is 0.270. The molecular formula is C24H33F3N4O2S2. The Labute approximate surface area is 208 Å². The van der Waals surface area contributed by atoms with Gasteiger partial charge in [-0.2, -0.15) is 13.2 Å². The Morgan fingerprint density at radius 1 is 1.09 bits per heavy atom. The van der Waals surface area contributed by atoms with Crippen LogP contribution < -0.4 is 4.90 Å². The predicted octanol–water partition coefficient (Wildman–Crippen LogP) is 4.55. The van der Waals surface area contributed by atoms with Crippen LogP contribution in [0.4, 0.5) is 19.0 Å². The zero-order valence-corrected chi connectivity index (χ0v) is 21.7. The molecule has 6 nitrogen and oxygen atoms in total. The summed E-state index contributed by atoms with van der Waals surface area (Å²) in [6.45, 7) is 5.05. The number of anilines is 1. The summed E-state index contributed by atoms with van der Waals surface area (Å²) in [5.74, 6) is 2.08. The number of thiophene rings is 1. The van der Waals surface area contributed by atoms with Crippen LogP contribution >= 0.6 is 11.3 Å². The molecule has 194 valence electrons. The molecule has 5 rings (SSSR count). The van der Waals surface area contributed by atoms with Gasteiger partial charge in [-0.15, -0.1) is 11.3 Å². The summed E-state index contributed by atoms with van der Waals surface area (Å²) in [7, 11) is -2.89. The first kappa shape index (κ1) is 25.2. The van der Waals surface area contributed by atoms with Crippen LogP contribution in [0.15, 0.2) is 12.4 Å². The van der Waals surface area contributed by atoms with Crippen LogP contribution in [-0.4, -0.2) is 74.2 Å². The van der Waals surface area contributed by atoms with Crippen molar-refractivity contribution < 1.29 is 21.6 Å². The molecule has 0 atom stereocenters.